The fraction of sp³-hybridized carbons (Fsp3) is 0.583. The molecular weight excluding hydrogens is 300 g/mol. The van der Waals surface area contributed by atoms with Gasteiger partial charge in [-0.1, -0.05) is 0 Å². The van der Waals surface area contributed by atoms with E-state index in [1.165, 1.54) is 18.6 Å². The first-order valence-corrected chi connectivity index (χ1v) is 7.80. The summed E-state index contributed by atoms with van der Waals surface area (Å²) in [5.74, 6) is 1.27. The topological polar surface area (TPSA) is 34.0 Å². The normalized spacial score (nSPS) is 19.5. The van der Waals surface area contributed by atoms with E-state index in [2.05, 4.69) is 21.2 Å². The smallest absolute Gasteiger partial charge is 0.267 e. The van der Waals surface area contributed by atoms with Crippen LogP contribution in [0.4, 0.5) is 0 Å². The van der Waals surface area contributed by atoms with Gasteiger partial charge in [-0.05, 0) is 47.5 Å². The van der Waals surface area contributed by atoms with Gasteiger partial charge in [0.25, 0.3) is 5.91 Å². The van der Waals surface area contributed by atoms with Crippen molar-refractivity contribution in [3.8, 4) is 0 Å². The molecule has 2 heterocycles. The minimum absolute atomic E-state index is 0.0325. The van der Waals surface area contributed by atoms with Gasteiger partial charge in [-0.15, -0.1) is 0 Å². The molecule has 0 spiro atoms. The van der Waals surface area contributed by atoms with E-state index in [4.69, 9.17) is 0 Å². The minimum Gasteiger partial charge on any atom is -0.350 e. The van der Waals surface area contributed by atoms with Gasteiger partial charge < -0.3 is 9.88 Å². The molecule has 1 amide bonds. The van der Waals surface area contributed by atoms with E-state index < -0.39 is 0 Å². The number of halogens is 1. The van der Waals surface area contributed by atoms with Crippen molar-refractivity contribution in [3.05, 3.63) is 22.4 Å². The lowest BCUT2D eigenvalue weighted by atomic mass is 10.2. The average Bonchev–Trinajstić information content (AvgIpc) is 2.94. The van der Waals surface area contributed by atoms with E-state index in [0.29, 0.717) is 5.25 Å². The molecule has 1 unspecified atom stereocenters. The number of hydrogen-bond donors (Lipinski definition) is 1. The number of carbonyl (C=O) groups excluding carboxylic acids is 1. The highest BCUT2D eigenvalue weighted by atomic mass is 79.9. The van der Waals surface area contributed by atoms with Crippen LogP contribution in [0.15, 0.2) is 16.7 Å². The van der Waals surface area contributed by atoms with Crippen molar-refractivity contribution in [2.75, 3.05) is 12.3 Å². The maximum atomic E-state index is 12.0. The summed E-state index contributed by atoms with van der Waals surface area (Å²) in [5, 5.41) is 3.63. The van der Waals surface area contributed by atoms with Crippen LogP contribution in [0.2, 0.25) is 0 Å². The molecule has 1 aliphatic heterocycles. The second-order valence-electron chi connectivity index (χ2n) is 4.17. The number of nitrogens with one attached hydrogen (secondary N) is 1. The van der Waals surface area contributed by atoms with Gasteiger partial charge in [-0.3, -0.25) is 4.79 Å². The summed E-state index contributed by atoms with van der Waals surface area (Å²) in [7, 11) is 0. The van der Waals surface area contributed by atoms with E-state index in [1.807, 2.05) is 35.5 Å². The van der Waals surface area contributed by atoms with Gasteiger partial charge in [0, 0.05) is 29.0 Å². The Hall–Kier alpha value is -0.420. The number of carbonyl (C=O) groups is 1. The van der Waals surface area contributed by atoms with E-state index in [9.17, 15) is 4.79 Å². The quantitative estimate of drug-likeness (QED) is 0.926. The zero-order chi connectivity index (χ0) is 12.3. The van der Waals surface area contributed by atoms with Crippen LogP contribution in [0, 0.1) is 0 Å². The molecule has 1 aliphatic rings. The lowest BCUT2D eigenvalue weighted by Crippen LogP contribution is -2.31. The van der Waals surface area contributed by atoms with Crippen molar-refractivity contribution in [2.45, 2.75) is 31.6 Å². The monoisotopic (exact) mass is 316 g/mol. The molecule has 0 saturated carbocycles. The fourth-order valence-electron chi connectivity index (χ4n) is 2.03. The number of aryl methyl sites for hydroxylation is 1. The van der Waals surface area contributed by atoms with Gasteiger partial charge in [0.2, 0.25) is 0 Å². The third kappa shape index (κ3) is 3.28. The highest BCUT2D eigenvalue weighted by molar-refractivity contribution is 9.10. The number of aromatic nitrogens is 1. The average molecular weight is 317 g/mol. The molecular formula is C12H17BrN2OS. The Bertz CT molecular complexity index is 399. The number of amides is 1. The fourth-order valence-corrected chi connectivity index (χ4v) is 3.69. The number of rotatable bonds is 4. The van der Waals surface area contributed by atoms with Crippen LogP contribution in [-0.2, 0) is 6.54 Å². The predicted octanol–water partition coefficient (Wildman–Crippen LogP) is 2.90. The van der Waals surface area contributed by atoms with Crippen molar-refractivity contribution in [1.29, 1.82) is 0 Å². The SMILES string of the molecule is CCn1cc(Br)cc1C(=O)NCC1CCCS1. The molecule has 1 saturated heterocycles. The van der Waals surface area contributed by atoms with Crippen molar-refractivity contribution < 1.29 is 4.79 Å². The molecule has 1 aromatic heterocycles. The Morgan fingerprint density at radius 1 is 1.71 bits per heavy atom. The summed E-state index contributed by atoms with van der Waals surface area (Å²) in [5.41, 5.74) is 0.738. The van der Waals surface area contributed by atoms with E-state index >= 15 is 0 Å². The minimum atomic E-state index is 0.0325. The molecule has 1 aromatic rings. The van der Waals surface area contributed by atoms with Crippen molar-refractivity contribution >= 4 is 33.6 Å². The van der Waals surface area contributed by atoms with Crippen LogP contribution < -0.4 is 5.32 Å². The van der Waals surface area contributed by atoms with Crippen molar-refractivity contribution in [3.63, 3.8) is 0 Å². The maximum absolute atomic E-state index is 12.0. The lowest BCUT2D eigenvalue weighted by molar-refractivity contribution is 0.0944. The van der Waals surface area contributed by atoms with Crippen LogP contribution in [0.25, 0.3) is 0 Å². The summed E-state index contributed by atoms with van der Waals surface area (Å²) < 4.78 is 2.92. The molecule has 1 N–H and O–H groups in total. The Morgan fingerprint density at radius 2 is 2.53 bits per heavy atom. The second kappa shape index (κ2) is 5.96. The molecule has 0 radical (unpaired) electrons. The van der Waals surface area contributed by atoms with Gasteiger partial charge >= 0.3 is 0 Å². The van der Waals surface area contributed by atoms with Crippen LogP contribution >= 0.6 is 27.7 Å². The first kappa shape index (κ1) is 13.0. The Morgan fingerprint density at radius 3 is 3.18 bits per heavy atom. The third-order valence-corrected chi connectivity index (χ3v) is 4.78. The van der Waals surface area contributed by atoms with Gasteiger partial charge in [0.05, 0.1) is 0 Å². The predicted molar refractivity (Wildman–Crippen MR) is 75.6 cm³/mol. The van der Waals surface area contributed by atoms with E-state index in [-0.39, 0.29) is 5.91 Å². The lowest BCUT2D eigenvalue weighted by Gasteiger charge is -2.11. The van der Waals surface area contributed by atoms with Crippen LogP contribution in [0.5, 0.6) is 0 Å². The molecule has 0 bridgehead atoms. The number of thioether (sulfide) groups is 1. The van der Waals surface area contributed by atoms with Gasteiger partial charge in [-0.25, -0.2) is 0 Å². The molecule has 0 aromatic carbocycles. The largest absolute Gasteiger partial charge is 0.350 e. The molecule has 17 heavy (non-hydrogen) atoms. The first-order chi connectivity index (χ1) is 8.20. The molecule has 5 heteroatoms. The number of nitrogens with zero attached hydrogens (tertiary/aromatic N) is 1. The maximum Gasteiger partial charge on any atom is 0.267 e. The molecule has 1 atom stereocenters. The van der Waals surface area contributed by atoms with Crippen LogP contribution in [-0.4, -0.2) is 28.0 Å². The van der Waals surface area contributed by atoms with Gasteiger partial charge in [-0.2, -0.15) is 11.8 Å². The second-order valence-corrected chi connectivity index (χ2v) is 6.50. The highest BCUT2D eigenvalue weighted by Gasteiger charge is 2.18. The van der Waals surface area contributed by atoms with Crippen LogP contribution in [0.1, 0.15) is 30.3 Å². The summed E-state index contributed by atoms with van der Waals surface area (Å²) in [6.45, 7) is 3.64. The Balaban J connectivity index is 1.93. The van der Waals surface area contributed by atoms with Gasteiger partial charge in [0.1, 0.15) is 5.69 Å². The number of hydrogen-bond acceptors (Lipinski definition) is 2. The summed E-state index contributed by atoms with van der Waals surface area (Å²) in [4.78, 5) is 12.0. The molecule has 94 valence electrons. The molecule has 0 aliphatic carbocycles. The first-order valence-electron chi connectivity index (χ1n) is 5.96. The summed E-state index contributed by atoms with van der Waals surface area (Å²) >= 11 is 5.37. The third-order valence-electron chi connectivity index (χ3n) is 2.95. The van der Waals surface area contributed by atoms with E-state index in [0.717, 1.165) is 23.3 Å². The Kier molecular flexibility index (Phi) is 4.56. The molecule has 3 nitrogen and oxygen atoms in total. The standard InChI is InChI=1S/C12H17BrN2OS/c1-2-15-8-9(13)6-11(15)12(16)14-7-10-4-3-5-17-10/h6,8,10H,2-5,7H2,1H3,(H,14,16). The zero-order valence-electron chi connectivity index (χ0n) is 9.91. The van der Waals surface area contributed by atoms with Crippen LogP contribution in [0.3, 0.4) is 0 Å². The van der Waals surface area contributed by atoms with E-state index in [1.54, 1.807) is 0 Å². The van der Waals surface area contributed by atoms with Gasteiger partial charge in [0.15, 0.2) is 0 Å². The van der Waals surface area contributed by atoms with Crippen molar-refractivity contribution in [2.24, 2.45) is 0 Å². The highest BCUT2D eigenvalue weighted by Crippen LogP contribution is 2.25. The van der Waals surface area contributed by atoms with Crippen molar-refractivity contribution in [1.82, 2.24) is 9.88 Å². The summed E-state index contributed by atoms with van der Waals surface area (Å²) in [6, 6.07) is 1.88. The zero-order valence-corrected chi connectivity index (χ0v) is 12.3. The molecule has 2 rings (SSSR count). The summed E-state index contributed by atoms with van der Waals surface area (Å²) in [6.07, 6.45) is 4.45. The Labute approximate surface area is 114 Å². The molecule has 1 fully saturated rings.